The fourth-order valence-corrected chi connectivity index (χ4v) is 3.57. The summed E-state index contributed by atoms with van der Waals surface area (Å²) in [6.45, 7) is 2.10. The second kappa shape index (κ2) is 6.53. The van der Waals surface area contributed by atoms with Crippen molar-refractivity contribution in [3.63, 3.8) is 0 Å². The van der Waals surface area contributed by atoms with Crippen LogP contribution in [0.4, 0.5) is 5.82 Å². The molecule has 1 aromatic carbocycles. The molecule has 27 heavy (non-hydrogen) atoms. The number of nitrogens with zero attached hydrogens (tertiary/aromatic N) is 3. The van der Waals surface area contributed by atoms with E-state index in [4.69, 9.17) is 11.2 Å². The Kier molecular flexibility index (Phi) is 4.17. The van der Waals surface area contributed by atoms with Gasteiger partial charge in [0.2, 0.25) is 0 Å². The number of nitrogens with one attached hydrogen (secondary N) is 1. The molecule has 0 spiro atoms. The van der Waals surface area contributed by atoms with Crippen molar-refractivity contribution in [3.05, 3.63) is 42.2 Å². The summed E-state index contributed by atoms with van der Waals surface area (Å²) in [4.78, 5) is 4.23. The molecule has 136 valence electrons. The minimum Gasteiger partial charge on any atom is -0.507 e. The number of terminal acetylenes is 1. The summed E-state index contributed by atoms with van der Waals surface area (Å²) < 4.78 is 5.51. The SMILES string of the molecule is C#Cc1ccc(-c2nnc(NC3CC(C)(OC)C3)c3cnccc23)c(O)c1. The number of anilines is 1. The Labute approximate surface area is 157 Å². The van der Waals surface area contributed by atoms with Crippen LogP contribution >= 0.6 is 0 Å². The van der Waals surface area contributed by atoms with E-state index < -0.39 is 0 Å². The molecule has 0 aliphatic heterocycles. The second-order valence-electron chi connectivity index (χ2n) is 7.10. The Morgan fingerprint density at radius 3 is 2.78 bits per heavy atom. The fraction of sp³-hybridized carbons (Fsp3) is 0.286. The molecule has 4 rings (SSSR count). The van der Waals surface area contributed by atoms with E-state index in [9.17, 15) is 5.11 Å². The van der Waals surface area contributed by atoms with E-state index in [0.29, 0.717) is 22.6 Å². The number of benzene rings is 1. The minimum absolute atomic E-state index is 0.0772. The van der Waals surface area contributed by atoms with E-state index in [-0.39, 0.29) is 17.4 Å². The summed E-state index contributed by atoms with van der Waals surface area (Å²) in [7, 11) is 1.74. The molecule has 1 fully saturated rings. The summed E-state index contributed by atoms with van der Waals surface area (Å²) in [5.41, 5.74) is 1.71. The van der Waals surface area contributed by atoms with Crippen molar-refractivity contribution >= 4 is 16.6 Å². The first-order valence-corrected chi connectivity index (χ1v) is 8.75. The highest BCUT2D eigenvalue weighted by Gasteiger charge is 2.40. The Hall–Kier alpha value is -3.17. The molecule has 0 radical (unpaired) electrons. The predicted octanol–water partition coefficient (Wildman–Crippen LogP) is 3.36. The van der Waals surface area contributed by atoms with Gasteiger partial charge in [0.1, 0.15) is 11.4 Å². The largest absolute Gasteiger partial charge is 0.507 e. The van der Waals surface area contributed by atoms with Crippen molar-refractivity contribution in [1.82, 2.24) is 15.2 Å². The Morgan fingerprint density at radius 2 is 2.07 bits per heavy atom. The van der Waals surface area contributed by atoms with Gasteiger partial charge in [0.15, 0.2) is 5.82 Å². The highest BCUT2D eigenvalue weighted by Crippen LogP contribution is 2.39. The van der Waals surface area contributed by atoms with Crippen molar-refractivity contribution in [2.45, 2.75) is 31.4 Å². The normalized spacial score (nSPS) is 21.4. The first-order valence-electron chi connectivity index (χ1n) is 8.75. The van der Waals surface area contributed by atoms with Crippen LogP contribution in [-0.4, -0.2) is 39.0 Å². The third-order valence-corrected chi connectivity index (χ3v) is 5.19. The van der Waals surface area contributed by atoms with Crippen LogP contribution in [0.25, 0.3) is 22.0 Å². The fourth-order valence-electron chi connectivity index (χ4n) is 3.57. The Balaban J connectivity index is 1.72. The number of phenolic OH excluding ortho intramolecular Hbond substituents is 1. The van der Waals surface area contributed by atoms with Crippen LogP contribution in [0, 0.1) is 12.3 Å². The number of pyridine rings is 1. The second-order valence-corrected chi connectivity index (χ2v) is 7.10. The molecule has 1 aliphatic carbocycles. The quantitative estimate of drug-likeness (QED) is 0.695. The molecular formula is C21H20N4O2. The van der Waals surface area contributed by atoms with Crippen LogP contribution in [0.3, 0.4) is 0 Å². The van der Waals surface area contributed by atoms with Gasteiger partial charge in [-0.1, -0.05) is 5.92 Å². The number of methoxy groups -OCH3 is 1. The standard InChI is InChI=1S/C21H20N4O2/c1-4-13-5-6-16(18(26)9-13)19-15-7-8-22-12-17(15)20(25-24-19)23-14-10-21(2,11-14)27-3/h1,5-9,12,14,26H,10-11H2,2-3H3,(H,23,25). The van der Waals surface area contributed by atoms with Crippen LogP contribution in [-0.2, 0) is 4.74 Å². The van der Waals surface area contributed by atoms with Gasteiger partial charge in [0.25, 0.3) is 0 Å². The molecule has 0 bridgehead atoms. The molecule has 2 heterocycles. The summed E-state index contributed by atoms with van der Waals surface area (Å²) in [6.07, 6.45) is 10.7. The zero-order valence-corrected chi connectivity index (χ0v) is 15.2. The van der Waals surface area contributed by atoms with Crippen LogP contribution in [0.1, 0.15) is 25.3 Å². The highest BCUT2D eigenvalue weighted by molar-refractivity contribution is 6.00. The lowest BCUT2D eigenvalue weighted by molar-refractivity contribution is -0.0625. The van der Waals surface area contributed by atoms with Crippen LogP contribution in [0.15, 0.2) is 36.7 Å². The average molecular weight is 360 g/mol. The van der Waals surface area contributed by atoms with E-state index in [0.717, 1.165) is 23.6 Å². The predicted molar refractivity (Wildman–Crippen MR) is 104 cm³/mol. The number of aromatic hydroxyl groups is 1. The minimum atomic E-state index is -0.0797. The maximum atomic E-state index is 10.4. The average Bonchev–Trinajstić information content (AvgIpc) is 2.67. The zero-order valence-electron chi connectivity index (χ0n) is 15.2. The Morgan fingerprint density at radius 1 is 1.26 bits per heavy atom. The van der Waals surface area contributed by atoms with Gasteiger partial charge >= 0.3 is 0 Å². The molecule has 6 heteroatoms. The van der Waals surface area contributed by atoms with Crippen LogP contribution < -0.4 is 5.32 Å². The zero-order chi connectivity index (χ0) is 19.0. The monoisotopic (exact) mass is 360 g/mol. The number of hydrogen-bond acceptors (Lipinski definition) is 6. The number of rotatable bonds is 4. The van der Waals surface area contributed by atoms with E-state index in [1.165, 1.54) is 0 Å². The first kappa shape index (κ1) is 17.3. The van der Waals surface area contributed by atoms with Crippen LogP contribution in [0.2, 0.25) is 0 Å². The van der Waals surface area contributed by atoms with E-state index in [1.807, 2.05) is 6.07 Å². The molecule has 0 atom stereocenters. The smallest absolute Gasteiger partial charge is 0.158 e. The lowest BCUT2D eigenvalue weighted by atomic mass is 9.77. The third-order valence-electron chi connectivity index (χ3n) is 5.19. The van der Waals surface area contributed by atoms with Crippen molar-refractivity contribution in [2.24, 2.45) is 0 Å². The molecule has 0 unspecified atom stereocenters. The molecule has 1 saturated carbocycles. The molecule has 1 aliphatic rings. The molecular weight excluding hydrogens is 340 g/mol. The van der Waals surface area contributed by atoms with Gasteiger partial charge in [-0.2, -0.15) is 0 Å². The molecule has 3 aromatic rings. The van der Waals surface area contributed by atoms with Gasteiger partial charge in [-0.25, -0.2) is 0 Å². The molecule has 6 nitrogen and oxygen atoms in total. The topological polar surface area (TPSA) is 80.2 Å². The van der Waals surface area contributed by atoms with Gasteiger partial charge in [-0.3, -0.25) is 4.98 Å². The number of aromatic nitrogens is 3. The Bertz CT molecular complexity index is 1050. The number of ether oxygens (including phenoxy) is 1. The molecule has 0 saturated heterocycles. The van der Waals surface area contributed by atoms with Crippen molar-refractivity contribution in [1.29, 1.82) is 0 Å². The van der Waals surface area contributed by atoms with Gasteiger partial charge in [-0.05, 0) is 44.0 Å². The summed E-state index contributed by atoms with van der Waals surface area (Å²) in [6, 6.07) is 7.24. The maximum absolute atomic E-state index is 10.4. The van der Waals surface area contributed by atoms with E-state index in [2.05, 4.69) is 33.3 Å². The molecule has 2 aromatic heterocycles. The maximum Gasteiger partial charge on any atom is 0.158 e. The van der Waals surface area contributed by atoms with Crippen molar-refractivity contribution in [3.8, 4) is 29.4 Å². The van der Waals surface area contributed by atoms with Gasteiger partial charge in [0, 0.05) is 47.4 Å². The van der Waals surface area contributed by atoms with Crippen molar-refractivity contribution < 1.29 is 9.84 Å². The first-order chi connectivity index (χ1) is 13.0. The van der Waals surface area contributed by atoms with Gasteiger partial charge < -0.3 is 15.2 Å². The van der Waals surface area contributed by atoms with Gasteiger partial charge in [-0.15, -0.1) is 16.6 Å². The summed E-state index contributed by atoms with van der Waals surface area (Å²) in [5, 5.41) is 24.3. The lowest BCUT2D eigenvalue weighted by Gasteiger charge is -2.44. The van der Waals surface area contributed by atoms with E-state index >= 15 is 0 Å². The summed E-state index contributed by atoms with van der Waals surface area (Å²) in [5.74, 6) is 3.27. The number of phenols is 1. The number of fused-ring (bicyclic) bond motifs is 1. The molecule has 0 amide bonds. The van der Waals surface area contributed by atoms with Crippen LogP contribution in [0.5, 0.6) is 5.75 Å². The highest BCUT2D eigenvalue weighted by atomic mass is 16.5. The number of hydrogen-bond donors (Lipinski definition) is 2. The van der Waals surface area contributed by atoms with Crippen molar-refractivity contribution in [2.75, 3.05) is 12.4 Å². The van der Waals surface area contributed by atoms with Gasteiger partial charge in [0.05, 0.1) is 5.60 Å². The van der Waals surface area contributed by atoms with E-state index in [1.54, 1.807) is 37.7 Å². The summed E-state index contributed by atoms with van der Waals surface area (Å²) >= 11 is 0. The lowest BCUT2D eigenvalue weighted by Crippen LogP contribution is -2.49. The third kappa shape index (κ3) is 3.07. The molecule has 2 N–H and O–H groups in total.